The maximum absolute atomic E-state index is 12.2. The molecule has 0 radical (unpaired) electrons. The van der Waals surface area contributed by atoms with E-state index in [0.29, 0.717) is 18.8 Å². The van der Waals surface area contributed by atoms with Crippen LogP contribution in [-0.4, -0.2) is 40.8 Å². The van der Waals surface area contributed by atoms with Crippen LogP contribution in [0, 0.1) is 0 Å². The average Bonchev–Trinajstić information content (AvgIpc) is 3.20. The Morgan fingerprint density at radius 2 is 1.87 bits per heavy atom. The molecule has 0 saturated carbocycles. The summed E-state index contributed by atoms with van der Waals surface area (Å²) in [7, 11) is -3.39. The smallest absolute Gasteiger partial charge is 0.232 e. The standard InChI is InChI=1S/C15H17N5O2S/c1-23(21,22)20(12-11-18-9-3-7-16-18)15-6-2-5-14(13-15)19-10-4-8-17-19/h2-10,13H,11-12H2,1H3. The molecule has 0 aliphatic rings. The first-order valence-corrected chi connectivity index (χ1v) is 8.94. The van der Waals surface area contributed by atoms with Crippen LogP contribution in [0.15, 0.2) is 61.2 Å². The van der Waals surface area contributed by atoms with Crippen LogP contribution in [0.3, 0.4) is 0 Å². The minimum Gasteiger partial charge on any atom is -0.271 e. The number of benzene rings is 1. The van der Waals surface area contributed by atoms with Gasteiger partial charge in [0.25, 0.3) is 0 Å². The summed E-state index contributed by atoms with van der Waals surface area (Å²) in [6.45, 7) is 0.787. The number of nitrogens with zero attached hydrogens (tertiary/aromatic N) is 5. The van der Waals surface area contributed by atoms with Crippen molar-refractivity contribution in [3.05, 3.63) is 61.2 Å². The van der Waals surface area contributed by atoms with Crippen LogP contribution in [0.2, 0.25) is 0 Å². The fraction of sp³-hybridized carbons (Fsp3) is 0.200. The Labute approximate surface area is 134 Å². The molecule has 0 unspecified atom stereocenters. The number of hydrogen-bond donors (Lipinski definition) is 0. The second-order valence-corrected chi connectivity index (χ2v) is 6.98. The van der Waals surface area contributed by atoms with Gasteiger partial charge in [-0.1, -0.05) is 6.07 Å². The van der Waals surface area contributed by atoms with E-state index in [-0.39, 0.29) is 0 Å². The van der Waals surface area contributed by atoms with Crippen molar-refractivity contribution in [2.45, 2.75) is 6.54 Å². The van der Waals surface area contributed by atoms with Gasteiger partial charge in [0.2, 0.25) is 10.0 Å². The van der Waals surface area contributed by atoms with Crippen LogP contribution in [0.1, 0.15) is 0 Å². The highest BCUT2D eigenvalue weighted by Crippen LogP contribution is 2.21. The molecule has 7 nitrogen and oxygen atoms in total. The fourth-order valence-electron chi connectivity index (χ4n) is 2.32. The molecule has 2 aromatic heterocycles. The third kappa shape index (κ3) is 3.59. The van der Waals surface area contributed by atoms with E-state index in [4.69, 9.17) is 0 Å². The monoisotopic (exact) mass is 331 g/mol. The normalized spacial score (nSPS) is 11.5. The molecule has 0 fully saturated rings. The molecule has 0 aliphatic heterocycles. The summed E-state index contributed by atoms with van der Waals surface area (Å²) in [4.78, 5) is 0. The van der Waals surface area contributed by atoms with E-state index in [0.717, 1.165) is 5.69 Å². The number of anilines is 1. The number of hydrogen-bond acceptors (Lipinski definition) is 4. The maximum Gasteiger partial charge on any atom is 0.232 e. The number of aromatic nitrogens is 4. The SMILES string of the molecule is CS(=O)(=O)N(CCn1cccn1)c1cccc(-n2cccn2)c1. The van der Waals surface area contributed by atoms with Crippen molar-refractivity contribution in [1.82, 2.24) is 19.6 Å². The summed E-state index contributed by atoms with van der Waals surface area (Å²) in [6, 6.07) is 10.9. The molecule has 0 aliphatic carbocycles. The molecule has 3 aromatic rings. The molecule has 0 spiro atoms. The lowest BCUT2D eigenvalue weighted by Gasteiger charge is -2.23. The predicted octanol–water partition coefficient (Wildman–Crippen LogP) is 1.53. The van der Waals surface area contributed by atoms with Crippen LogP contribution in [0.4, 0.5) is 5.69 Å². The molecule has 0 atom stereocenters. The third-order valence-electron chi connectivity index (χ3n) is 3.38. The molecule has 2 heterocycles. The van der Waals surface area contributed by atoms with E-state index in [2.05, 4.69) is 10.2 Å². The Morgan fingerprint density at radius 3 is 2.52 bits per heavy atom. The van der Waals surface area contributed by atoms with Crippen molar-refractivity contribution in [3.63, 3.8) is 0 Å². The van der Waals surface area contributed by atoms with Crippen LogP contribution in [-0.2, 0) is 16.6 Å². The summed E-state index contributed by atoms with van der Waals surface area (Å²) in [5, 5.41) is 8.27. The fourth-order valence-corrected chi connectivity index (χ4v) is 3.23. The number of sulfonamides is 1. The summed E-state index contributed by atoms with van der Waals surface area (Å²) in [6.07, 6.45) is 8.17. The van der Waals surface area contributed by atoms with E-state index >= 15 is 0 Å². The second-order valence-electron chi connectivity index (χ2n) is 5.07. The van der Waals surface area contributed by atoms with Crippen molar-refractivity contribution < 1.29 is 8.42 Å². The average molecular weight is 331 g/mol. The lowest BCUT2D eigenvalue weighted by Crippen LogP contribution is -2.33. The molecule has 0 saturated heterocycles. The first kappa shape index (κ1) is 15.3. The van der Waals surface area contributed by atoms with Crippen LogP contribution in [0.5, 0.6) is 0 Å². The van der Waals surface area contributed by atoms with Gasteiger partial charge in [-0.05, 0) is 30.3 Å². The summed E-state index contributed by atoms with van der Waals surface area (Å²) < 4.78 is 29.1. The zero-order chi connectivity index (χ0) is 16.3. The molecule has 23 heavy (non-hydrogen) atoms. The molecular formula is C15H17N5O2S. The zero-order valence-electron chi connectivity index (χ0n) is 12.6. The molecule has 120 valence electrons. The Hall–Kier alpha value is -2.61. The molecule has 0 amide bonds. The van der Waals surface area contributed by atoms with Gasteiger partial charge in [0.1, 0.15) is 0 Å². The predicted molar refractivity (Wildman–Crippen MR) is 88.0 cm³/mol. The highest BCUT2D eigenvalue weighted by Gasteiger charge is 2.18. The molecule has 1 aromatic carbocycles. The largest absolute Gasteiger partial charge is 0.271 e. The van der Waals surface area contributed by atoms with Crippen molar-refractivity contribution in [2.75, 3.05) is 17.1 Å². The van der Waals surface area contributed by atoms with Crippen molar-refractivity contribution in [2.24, 2.45) is 0 Å². The van der Waals surface area contributed by atoms with Gasteiger partial charge in [-0.15, -0.1) is 0 Å². The van der Waals surface area contributed by atoms with Crippen molar-refractivity contribution in [1.29, 1.82) is 0 Å². The first-order valence-electron chi connectivity index (χ1n) is 7.09. The minimum atomic E-state index is -3.39. The Kier molecular flexibility index (Phi) is 4.16. The molecule has 8 heteroatoms. The van der Waals surface area contributed by atoms with Crippen LogP contribution < -0.4 is 4.31 Å². The van der Waals surface area contributed by atoms with Gasteiger partial charge >= 0.3 is 0 Å². The zero-order valence-corrected chi connectivity index (χ0v) is 13.5. The number of rotatable bonds is 6. The highest BCUT2D eigenvalue weighted by atomic mass is 32.2. The van der Waals surface area contributed by atoms with Crippen molar-refractivity contribution >= 4 is 15.7 Å². The quantitative estimate of drug-likeness (QED) is 0.687. The minimum absolute atomic E-state index is 0.309. The Bertz CT molecular complexity index is 857. The van der Waals surface area contributed by atoms with E-state index in [1.54, 1.807) is 40.1 Å². The van der Waals surface area contributed by atoms with Gasteiger partial charge in [0.15, 0.2) is 0 Å². The van der Waals surface area contributed by atoms with Gasteiger partial charge in [0.05, 0.1) is 30.7 Å². The van der Waals surface area contributed by atoms with E-state index in [9.17, 15) is 8.42 Å². The molecule has 0 N–H and O–H groups in total. The summed E-state index contributed by atoms with van der Waals surface area (Å²) in [5.74, 6) is 0. The topological polar surface area (TPSA) is 73.0 Å². The van der Waals surface area contributed by atoms with Gasteiger partial charge < -0.3 is 0 Å². The second kappa shape index (κ2) is 6.25. The lowest BCUT2D eigenvalue weighted by molar-refractivity contribution is 0.582. The maximum atomic E-state index is 12.2. The van der Waals surface area contributed by atoms with Crippen LogP contribution in [0.25, 0.3) is 5.69 Å². The Morgan fingerprint density at radius 1 is 1.09 bits per heavy atom. The summed E-state index contributed by atoms with van der Waals surface area (Å²) >= 11 is 0. The lowest BCUT2D eigenvalue weighted by atomic mass is 10.3. The van der Waals surface area contributed by atoms with E-state index < -0.39 is 10.0 Å². The van der Waals surface area contributed by atoms with Gasteiger partial charge in [-0.25, -0.2) is 13.1 Å². The van der Waals surface area contributed by atoms with E-state index in [1.165, 1.54) is 10.6 Å². The van der Waals surface area contributed by atoms with Gasteiger partial charge in [-0.2, -0.15) is 10.2 Å². The molecule has 3 rings (SSSR count). The summed E-state index contributed by atoms with van der Waals surface area (Å²) in [5.41, 5.74) is 1.41. The third-order valence-corrected chi connectivity index (χ3v) is 4.57. The van der Waals surface area contributed by atoms with E-state index in [1.807, 2.05) is 30.5 Å². The van der Waals surface area contributed by atoms with Crippen molar-refractivity contribution in [3.8, 4) is 5.69 Å². The Balaban J connectivity index is 1.89. The van der Waals surface area contributed by atoms with Gasteiger partial charge in [0, 0.05) is 24.8 Å². The molecule has 0 bridgehead atoms. The van der Waals surface area contributed by atoms with Crippen LogP contribution >= 0.6 is 0 Å². The molecular weight excluding hydrogens is 314 g/mol. The highest BCUT2D eigenvalue weighted by molar-refractivity contribution is 7.92. The first-order chi connectivity index (χ1) is 11.0. The van der Waals surface area contributed by atoms with Gasteiger partial charge in [-0.3, -0.25) is 8.99 Å².